The van der Waals surface area contributed by atoms with Crippen LogP contribution in [-0.4, -0.2) is 16.0 Å². The average molecular weight is 361 g/mol. The third-order valence-corrected chi connectivity index (χ3v) is 4.17. The highest BCUT2D eigenvalue weighted by Gasteiger charge is 2.13. The fraction of sp³-hybridized carbons (Fsp3) is 0.0952. The van der Waals surface area contributed by atoms with Crippen molar-refractivity contribution in [3.63, 3.8) is 0 Å². The molecule has 1 N–H and O–H groups in total. The minimum Gasteiger partial charge on any atom is -0.339 e. The Kier molecular flexibility index (Phi) is 4.61. The lowest BCUT2D eigenvalue weighted by Crippen LogP contribution is -2.12. The average Bonchev–Trinajstić information content (AvgIpc) is 3.15. The lowest BCUT2D eigenvalue weighted by Gasteiger charge is -2.03. The van der Waals surface area contributed by atoms with Crippen LogP contribution in [0.2, 0.25) is 0 Å². The van der Waals surface area contributed by atoms with E-state index in [4.69, 9.17) is 4.52 Å². The van der Waals surface area contributed by atoms with E-state index in [0.29, 0.717) is 23.8 Å². The molecule has 0 fully saturated rings. The molecule has 0 aliphatic carbocycles. The van der Waals surface area contributed by atoms with Gasteiger partial charge in [0.15, 0.2) is 0 Å². The Morgan fingerprint density at radius 1 is 1.04 bits per heavy atom. The fourth-order valence-corrected chi connectivity index (χ4v) is 2.90. The highest BCUT2D eigenvalue weighted by atomic mass is 19.1. The maximum atomic E-state index is 13.2. The quantitative estimate of drug-likeness (QED) is 0.564. The van der Waals surface area contributed by atoms with Gasteiger partial charge in [0.25, 0.3) is 0 Å². The summed E-state index contributed by atoms with van der Waals surface area (Å²) in [6.45, 7) is 0. The van der Waals surface area contributed by atoms with Gasteiger partial charge in [-0.2, -0.15) is 4.98 Å². The first kappa shape index (κ1) is 16.9. The van der Waals surface area contributed by atoms with Gasteiger partial charge in [0, 0.05) is 24.1 Å². The Labute approximate surface area is 154 Å². The number of halogens is 1. The van der Waals surface area contributed by atoms with E-state index in [2.05, 4.69) is 15.5 Å². The van der Waals surface area contributed by atoms with Gasteiger partial charge in [-0.25, -0.2) is 4.39 Å². The number of nitrogens with one attached hydrogen (secondary N) is 1. The van der Waals surface area contributed by atoms with Crippen LogP contribution in [0.3, 0.4) is 0 Å². The molecular formula is C21H16FN3O2. The normalized spacial score (nSPS) is 10.9. The predicted octanol–water partition coefficient (Wildman–Crippen LogP) is 4.60. The largest absolute Gasteiger partial charge is 0.339 e. The van der Waals surface area contributed by atoms with Crippen molar-refractivity contribution in [1.82, 2.24) is 10.1 Å². The molecule has 0 bridgehead atoms. The van der Waals surface area contributed by atoms with Gasteiger partial charge in [-0.1, -0.05) is 53.7 Å². The number of aromatic nitrogens is 2. The highest BCUT2D eigenvalue weighted by Crippen LogP contribution is 2.26. The van der Waals surface area contributed by atoms with Gasteiger partial charge in [-0.05, 0) is 29.0 Å². The van der Waals surface area contributed by atoms with E-state index >= 15 is 0 Å². The second-order valence-corrected chi connectivity index (χ2v) is 6.10. The van der Waals surface area contributed by atoms with Crippen LogP contribution < -0.4 is 5.32 Å². The van der Waals surface area contributed by atoms with Gasteiger partial charge in [0.1, 0.15) is 5.82 Å². The van der Waals surface area contributed by atoms with E-state index in [1.165, 1.54) is 12.1 Å². The van der Waals surface area contributed by atoms with Crippen LogP contribution in [0, 0.1) is 5.82 Å². The van der Waals surface area contributed by atoms with Gasteiger partial charge < -0.3 is 9.84 Å². The molecule has 3 aromatic carbocycles. The number of nitrogens with zero attached hydrogens (tertiary/aromatic N) is 2. The monoisotopic (exact) mass is 361 g/mol. The number of amides is 1. The van der Waals surface area contributed by atoms with Crippen LogP contribution in [0.25, 0.3) is 22.2 Å². The van der Waals surface area contributed by atoms with Crippen molar-refractivity contribution in [3.05, 3.63) is 78.4 Å². The molecule has 1 amide bonds. The maximum Gasteiger partial charge on any atom is 0.227 e. The van der Waals surface area contributed by atoms with Crippen LogP contribution in [0.1, 0.15) is 12.3 Å². The van der Waals surface area contributed by atoms with Gasteiger partial charge in [0.05, 0.1) is 0 Å². The van der Waals surface area contributed by atoms with E-state index in [0.717, 1.165) is 16.3 Å². The van der Waals surface area contributed by atoms with Crippen molar-refractivity contribution in [3.8, 4) is 11.4 Å². The number of hydrogen-bond acceptors (Lipinski definition) is 4. The van der Waals surface area contributed by atoms with Gasteiger partial charge in [0.2, 0.25) is 17.6 Å². The number of hydrogen-bond donors (Lipinski definition) is 1. The van der Waals surface area contributed by atoms with Crippen molar-refractivity contribution < 1.29 is 13.7 Å². The molecule has 1 aromatic heterocycles. The zero-order valence-corrected chi connectivity index (χ0v) is 14.4. The molecule has 1 heterocycles. The molecule has 0 aliphatic heterocycles. The van der Waals surface area contributed by atoms with E-state index < -0.39 is 5.82 Å². The van der Waals surface area contributed by atoms with Crippen LogP contribution in [0.15, 0.2) is 71.3 Å². The predicted molar refractivity (Wildman–Crippen MR) is 101 cm³/mol. The van der Waals surface area contributed by atoms with Crippen molar-refractivity contribution in [2.45, 2.75) is 12.8 Å². The summed E-state index contributed by atoms with van der Waals surface area (Å²) < 4.78 is 18.4. The smallest absolute Gasteiger partial charge is 0.227 e. The number of fused-ring (bicyclic) bond motifs is 1. The van der Waals surface area contributed by atoms with Crippen LogP contribution >= 0.6 is 0 Å². The van der Waals surface area contributed by atoms with Crippen molar-refractivity contribution in [2.24, 2.45) is 0 Å². The molecular weight excluding hydrogens is 345 g/mol. The molecule has 0 spiro atoms. The molecule has 0 atom stereocenters. The molecule has 4 rings (SSSR count). The first-order valence-electron chi connectivity index (χ1n) is 8.55. The van der Waals surface area contributed by atoms with Crippen molar-refractivity contribution >= 4 is 22.4 Å². The van der Waals surface area contributed by atoms with Crippen LogP contribution in [0.5, 0.6) is 0 Å². The molecule has 27 heavy (non-hydrogen) atoms. The summed E-state index contributed by atoms with van der Waals surface area (Å²) in [7, 11) is 0. The second-order valence-electron chi connectivity index (χ2n) is 6.10. The van der Waals surface area contributed by atoms with Crippen molar-refractivity contribution in [1.29, 1.82) is 0 Å². The molecule has 0 unspecified atom stereocenters. The number of aryl methyl sites for hydroxylation is 1. The Morgan fingerprint density at radius 2 is 1.85 bits per heavy atom. The molecule has 5 nitrogen and oxygen atoms in total. The zero-order chi connectivity index (χ0) is 18.6. The van der Waals surface area contributed by atoms with Crippen LogP contribution in [0.4, 0.5) is 10.1 Å². The summed E-state index contributed by atoms with van der Waals surface area (Å²) in [5.74, 6) is 0.231. The molecule has 6 heteroatoms. The fourth-order valence-electron chi connectivity index (χ4n) is 2.90. The summed E-state index contributed by atoms with van der Waals surface area (Å²) in [5, 5.41) is 8.82. The first-order valence-corrected chi connectivity index (χ1v) is 8.55. The van der Waals surface area contributed by atoms with Crippen LogP contribution in [-0.2, 0) is 11.2 Å². The number of anilines is 1. The van der Waals surface area contributed by atoms with E-state index in [9.17, 15) is 9.18 Å². The standard InChI is InChI=1S/C21H16FN3O2/c22-15-7-4-8-16(13-15)23-19(26)11-12-20-24-21(25-27-20)18-10-3-6-14-5-1-2-9-17(14)18/h1-10,13H,11-12H2,(H,23,26). The molecule has 0 saturated heterocycles. The number of rotatable bonds is 5. The SMILES string of the molecule is O=C(CCc1nc(-c2cccc3ccccc23)no1)Nc1cccc(F)c1. The number of carbonyl (C=O) groups is 1. The molecule has 0 radical (unpaired) electrons. The summed E-state index contributed by atoms with van der Waals surface area (Å²) in [6.07, 6.45) is 0.465. The molecule has 4 aromatic rings. The third-order valence-electron chi connectivity index (χ3n) is 4.17. The number of benzene rings is 3. The highest BCUT2D eigenvalue weighted by molar-refractivity contribution is 5.95. The van der Waals surface area contributed by atoms with Gasteiger partial charge in [-0.3, -0.25) is 4.79 Å². The van der Waals surface area contributed by atoms with Crippen molar-refractivity contribution in [2.75, 3.05) is 5.32 Å². The second kappa shape index (κ2) is 7.37. The van der Waals surface area contributed by atoms with E-state index in [1.54, 1.807) is 12.1 Å². The van der Waals surface area contributed by atoms with E-state index in [1.807, 2.05) is 42.5 Å². The summed E-state index contributed by atoms with van der Waals surface area (Å²) >= 11 is 0. The minimum absolute atomic E-state index is 0.160. The summed E-state index contributed by atoms with van der Waals surface area (Å²) in [4.78, 5) is 16.4. The Morgan fingerprint density at radius 3 is 2.74 bits per heavy atom. The Balaban J connectivity index is 1.44. The third kappa shape index (κ3) is 3.84. The Bertz CT molecular complexity index is 1100. The molecule has 0 saturated carbocycles. The lowest BCUT2D eigenvalue weighted by atomic mass is 10.0. The molecule has 134 valence electrons. The zero-order valence-electron chi connectivity index (χ0n) is 14.4. The summed E-state index contributed by atoms with van der Waals surface area (Å²) in [5.41, 5.74) is 1.30. The van der Waals surface area contributed by atoms with E-state index in [-0.39, 0.29) is 12.3 Å². The van der Waals surface area contributed by atoms with Gasteiger partial charge >= 0.3 is 0 Å². The molecule has 0 aliphatic rings. The topological polar surface area (TPSA) is 68.0 Å². The number of carbonyl (C=O) groups excluding carboxylic acids is 1. The Hall–Kier alpha value is -3.54. The van der Waals surface area contributed by atoms with Gasteiger partial charge in [-0.15, -0.1) is 0 Å². The minimum atomic E-state index is -0.399. The first-order chi connectivity index (χ1) is 13.2. The lowest BCUT2D eigenvalue weighted by molar-refractivity contribution is -0.116. The maximum absolute atomic E-state index is 13.2. The summed E-state index contributed by atoms with van der Waals surface area (Å²) in [6, 6.07) is 19.6.